The number of aliphatic hydroxyl groups is 3. The molecule has 11 N–H and O–H groups in total. The Morgan fingerprint density at radius 1 is 1.31 bits per heavy atom. The first-order valence-electron chi connectivity index (χ1n) is 11.0. The molecule has 1 amide bonds. The molecule has 5 atom stereocenters. The Kier molecular flexibility index (Phi) is 5.86. The number of carbonyl (C=O) groups excluding carboxylic acids is 3. The Labute approximate surface area is 199 Å². The molecular weight excluding hydrogens is 463 g/mol. The Balaban J connectivity index is 1.87. The van der Waals surface area contributed by atoms with Gasteiger partial charge in [0.2, 0.25) is 5.78 Å². The summed E-state index contributed by atoms with van der Waals surface area (Å²) in [4.78, 5) is 37.9. The number of nitrogen functional groups attached to an aromatic ring is 1. The maximum atomic E-state index is 13.6. The van der Waals surface area contributed by atoms with Crippen LogP contribution in [0.4, 0.5) is 10.1 Å². The SMILES string of the molecule is CC(CF)NCc1cc(N)c2c(c1O)C(O)=C1C(=O)[C@]3(O)C(O)=C(C(N)=O)C(=O)C(N)[C@@H]3CC1C2. The zero-order chi connectivity index (χ0) is 26.0. The number of phenolic OH excluding ortho intramolecular Hbond substituents is 1. The van der Waals surface area contributed by atoms with Gasteiger partial charge in [0.15, 0.2) is 11.4 Å². The Morgan fingerprint density at radius 2 is 1.97 bits per heavy atom. The molecule has 0 bridgehead atoms. The van der Waals surface area contributed by atoms with Crippen molar-refractivity contribution >= 4 is 28.9 Å². The number of Topliss-reactive ketones (excluding diaryl/α,β-unsaturated/α-hetero) is 2. The molecule has 1 saturated carbocycles. The lowest BCUT2D eigenvalue weighted by atomic mass is 9.58. The lowest BCUT2D eigenvalue weighted by Crippen LogP contribution is -2.65. The number of benzene rings is 1. The fraction of sp³-hybridized carbons (Fsp3) is 0.435. The number of rotatable bonds is 5. The van der Waals surface area contributed by atoms with Gasteiger partial charge in [0.05, 0.1) is 11.6 Å². The monoisotopic (exact) mass is 490 g/mol. The van der Waals surface area contributed by atoms with Crippen LogP contribution in [0.15, 0.2) is 23.0 Å². The minimum Gasteiger partial charge on any atom is -0.508 e. The van der Waals surface area contributed by atoms with E-state index >= 15 is 0 Å². The van der Waals surface area contributed by atoms with Crippen molar-refractivity contribution < 1.29 is 39.2 Å². The summed E-state index contributed by atoms with van der Waals surface area (Å²) in [6.45, 7) is 0.963. The first-order valence-corrected chi connectivity index (χ1v) is 11.0. The number of nitrogens with one attached hydrogen (secondary N) is 1. The highest BCUT2D eigenvalue weighted by atomic mass is 19.1. The third-order valence-corrected chi connectivity index (χ3v) is 7.24. The highest BCUT2D eigenvalue weighted by molar-refractivity contribution is 6.24. The van der Waals surface area contributed by atoms with Crippen LogP contribution < -0.4 is 22.5 Å². The standard InChI is InChI=1S/C23H27FN4O7/c1-7(5-24)28-6-9-4-12(25)10-2-8-3-11-16(26)19(31)15(22(27)34)21(33)23(11,35)20(32)13(8)18(30)14(10)17(9)29/h4,7-8,11,16,28-30,33,35H,2-3,5-6,25-26H2,1H3,(H2,27,34)/t7?,8?,11-,16?,23-/m0/s1. The van der Waals surface area contributed by atoms with Gasteiger partial charge >= 0.3 is 0 Å². The fourth-order valence-corrected chi connectivity index (χ4v) is 5.35. The van der Waals surface area contributed by atoms with Crippen molar-refractivity contribution in [3.8, 4) is 5.75 Å². The van der Waals surface area contributed by atoms with E-state index in [4.69, 9.17) is 17.2 Å². The van der Waals surface area contributed by atoms with Crippen LogP contribution in [-0.2, 0) is 27.3 Å². The van der Waals surface area contributed by atoms with E-state index in [9.17, 15) is 39.2 Å². The molecule has 4 rings (SSSR count). The molecule has 3 aliphatic rings. The Hall–Kier alpha value is -3.48. The molecule has 11 nitrogen and oxygen atoms in total. The minimum atomic E-state index is -2.77. The number of phenols is 1. The zero-order valence-corrected chi connectivity index (χ0v) is 18.8. The highest BCUT2D eigenvalue weighted by Gasteiger charge is 2.63. The minimum absolute atomic E-state index is 0.0167. The van der Waals surface area contributed by atoms with Gasteiger partial charge in [-0.05, 0) is 37.3 Å². The summed E-state index contributed by atoms with van der Waals surface area (Å²) in [5.41, 5.74) is 14.0. The average molecular weight is 490 g/mol. The van der Waals surface area contributed by atoms with Gasteiger partial charge in [-0.1, -0.05) is 0 Å². The second kappa shape index (κ2) is 8.33. The van der Waals surface area contributed by atoms with Crippen LogP contribution in [0, 0.1) is 11.8 Å². The van der Waals surface area contributed by atoms with Crippen molar-refractivity contribution in [1.82, 2.24) is 5.32 Å². The van der Waals surface area contributed by atoms with Gasteiger partial charge in [-0.25, -0.2) is 4.39 Å². The maximum Gasteiger partial charge on any atom is 0.255 e. The summed E-state index contributed by atoms with van der Waals surface area (Å²) in [5.74, 6) is -7.81. The van der Waals surface area contributed by atoms with Crippen molar-refractivity contribution in [1.29, 1.82) is 0 Å². The number of ketones is 2. The van der Waals surface area contributed by atoms with E-state index in [2.05, 4.69) is 5.32 Å². The van der Waals surface area contributed by atoms with E-state index in [1.165, 1.54) is 6.07 Å². The van der Waals surface area contributed by atoms with Crippen molar-refractivity contribution in [2.24, 2.45) is 23.3 Å². The van der Waals surface area contributed by atoms with Crippen LogP contribution >= 0.6 is 0 Å². The summed E-state index contributed by atoms with van der Waals surface area (Å²) in [7, 11) is 0. The lowest BCUT2D eigenvalue weighted by Gasteiger charge is -2.48. The summed E-state index contributed by atoms with van der Waals surface area (Å²) in [6.07, 6.45) is -0.0449. The number of hydrogen-bond acceptors (Lipinski definition) is 10. The zero-order valence-electron chi connectivity index (χ0n) is 18.8. The number of alkyl halides is 1. The third kappa shape index (κ3) is 3.39. The summed E-state index contributed by atoms with van der Waals surface area (Å²) >= 11 is 0. The number of aromatic hydroxyl groups is 1. The molecule has 0 aromatic heterocycles. The summed E-state index contributed by atoms with van der Waals surface area (Å²) in [6, 6.07) is -0.541. The normalized spacial score (nSPS) is 29.0. The van der Waals surface area contributed by atoms with E-state index in [1.54, 1.807) is 6.92 Å². The van der Waals surface area contributed by atoms with Crippen molar-refractivity contribution in [2.45, 2.75) is 44.0 Å². The number of fused-ring (bicyclic) bond motifs is 3. The van der Waals surface area contributed by atoms with Crippen molar-refractivity contribution in [3.05, 3.63) is 39.7 Å². The van der Waals surface area contributed by atoms with Crippen LogP contribution in [0.2, 0.25) is 0 Å². The lowest BCUT2D eigenvalue weighted by molar-refractivity contribution is -0.149. The molecule has 0 spiro atoms. The van der Waals surface area contributed by atoms with Crippen LogP contribution in [0.5, 0.6) is 5.75 Å². The number of halogens is 1. The first-order chi connectivity index (χ1) is 16.4. The average Bonchev–Trinajstić information content (AvgIpc) is 2.80. The van der Waals surface area contributed by atoms with Gasteiger partial charge < -0.3 is 42.9 Å². The molecular formula is C23H27FN4O7. The van der Waals surface area contributed by atoms with Gasteiger partial charge in [-0.2, -0.15) is 0 Å². The smallest absolute Gasteiger partial charge is 0.255 e. The van der Waals surface area contributed by atoms with Crippen LogP contribution in [-0.4, -0.2) is 62.3 Å². The van der Waals surface area contributed by atoms with Gasteiger partial charge in [0, 0.05) is 35.3 Å². The Bertz CT molecular complexity index is 1230. The molecule has 188 valence electrons. The molecule has 12 heteroatoms. The summed E-state index contributed by atoms with van der Waals surface area (Å²) in [5, 5.41) is 46.8. The quantitative estimate of drug-likeness (QED) is 0.148. The highest BCUT2D eigenvalue weighted by Crippen LogP contribution is 2.52. The fourth-order valence-electron chi connectivity index (χ4n) is 5.35. The predicted octanol–water partition coefficient (Wildman–Crippen LogP) is -0.609. The Morgan fingerprint density at radius 3 is 2.57 bits per heavy atom. The second-order valence-corrected chi connectivity index (χ2v) is 9.34. The van der Waals surface area contributed by atoms with Crippen LogP contribution in [0.25, 0.3) is 5.76 Å². The summed E-state index contributed by atoms with van der Waals surface area (Å²) < 4.78 is 12.8. The number of nitrogens with two attached hydrogens (primary N) is 3. The molecule has 0 aliphatic heterocycles. The van der Waals surface area contributed by atoms with E-state index in [-0.39, 0.29) is 47.5 Å². The van der Waals surface area contributed by atoms with Gasteiger partial charge in [-0.15, -0.1) is 0 Å². The van der Waals surface area contributed by atoms with Crippen molar-refractivity contribution in [3.63, 3.8) is 0 Å². The molecule has 1 fully saturated rings. The van der Waals surface area contributed by atoms with Crippen molar-refractivity contribution in [2.75, 3.05) is 12.4 Å². The van der Waals surface area contributed by atoms with Gasteiger partial charge in [-0.3, -0.25) is 14.4 Å². The second-order valence-electron chi connectivity index (χ2n) is 9.34. The molecule has 1 aromatic rings. The van der Waals surface area contributed by atoms with Gasteiger partial charge in [0.1, 0.15) is 29.5 Å². The number of hydrogen-bond donors (Lipinski definition) is 8. The van der Waals surface area contributed by atoms with E-state index in [0.717, 1.165) is 0 Å². The van der Waals surface area contributed by atoms with Crippen LogP contribution in [0.3, 0.4) is 0 Å². The van der Waals surface area contributed by atoms with Gasteiger partial charge in [0.25, 0.3) is 5.91 Å². The molecule has 3 unspecified atom stereocenters. The molecule has 35 heavy (non-hydrogen) atoms. The molecule has 0 heterocycles. The number of carbonyl (C=O) groups is 3. The van der Waals surface area contributed by atoms with E-state index < -0.39 is 70.8 Å². The third-order valence-electron chi connectivity index (χ3n) is 7.24. The topological polar surface area (TPSA) is 222 Å². The molecule has 3 aliphatic carbocycles. The number of amides is 1. The molecule has 1 aromatic carbocycles. The largest absolute Gasteiger partial charge is 0.508 e. The number of anilines is 1. The van der Waals surface area contributed by atoms with E-state index in [0.29, 0.717) is 5.56 Å². The molecule has 0 radical (unpaired) electrons. The first kappa shape index (κ1) is 24.6. The molecule has 0 saturated heterocycles. The van der Waals surface area contributed by atoms with E-state index in [1.807, 2.05) is 0 Å². The number of primary amides is 1. The maximum absolute atomic E-state index is 13.6. The number of aliphatic hydroxyl groups excluding tert-OH is 2. The predicted molar refractivity (Wildman–Crippen MR) is 121 cm³/mol. The van der Waals surface area contributed by atoms with Crippen LogP contribution in [0.1, 0.15) is 30.0 Å².